The Morgan fingerprint density at radius 2 is 1.81 bits per heavy atom. The maximum absolute atomic E-state index is 5.86. The van der Waals surface area contributed by atoms with E-state index in [0.717, 1.165) is 90.3 Å². The van der Waals surface area contributed by atoms with Gasteiger partial charge < -0.3 is 25.0 Å². The average molecular weight is 548 g/mol. The molecule has 0 atom stereocenters. The van der Waals surface area contributed by atoms with E-state index >= 15 is 0 Å². The van der Waals surface area contributed by atoms with Crippen LogP contribution in [-0.4, -0.2) is 87.9 Å². The minimum Gasteiger partial charge on any atom is -0.492 e. The first-order chi connectivity index (χ1) is 14.7. The first-order valence-electron chi connectivity index (χ1n) is 11.5. The van der Waals surface area contributed by atoms with Gasteiger partial charge in [0.15, 0.2) is 5.96 Å². The largest absolute Gasteiger partial charge is 0.492 e. The molecule has 0 bridgehead atoms. The molecule has 2 rings (SSSR count). The lowest BCUT2D eigenvalue weighted by Crippen LogP contribution is -2.40. The normalized spacial score (nSPS) is 14.9. The number of hydrogen-bond acceptors (Lipinski definition) is 5. The molecule has 1 aromatic carbocycles. The van der Waals surface area contributed by atoms with Crippen molar-refractivity contribution in [2.75, 3.05) is 72.2 Å². The SMILES string of the molecule is CCNC(=NCc1ccc(OCCN(CC)CC)cc1)NCCCN1CCOCC1.I. The number of rotatable bonds is 13. The molecule has 1 heterocycles. The van der Waals surface area contributed by atoms with Crippen LogP contribution >= 0.6 is 24.0 Å². The number of likely N-dealkylation sites (N-methyl/N-ethyl adjacent to an activating group) is 1. The quantitative estimate of drug-likeness (QED) is 0.172. The highest BCUT2D eigenvalue weighted by atomic mass is 127. The minimum atomic E-state index is 0. The lowest BCUT2D eigenvalue weighted by molar-refractivity contribution is 0.0376. The molecular weight excluding hydrogens is 505 g/mol. The highest BCUT2D eigenvalue weighted by Crippen LogP contribution is 2.13. The summed E-state index contributed by atoms with van der Waals surface area (Å²) in [5.41, 5.74) is 1.18. The van der Waals surface area contributed by atoms with Crippen molar-refractivity contribution >= 4 is 29.9 Å². The van der Waals surface area contributed by atoms with E-state index in [9.17, 15) is 0 Å². The summed E-state index contributed by atoms with van der Waals surface area (Å²) in [7, 11) is 0. The molecular formula is C23H42IN5O2. The van der Waals surface area contributed by atoms with Crippen LogP contribution in [0.1, 0.15) is 32.8 Å². The Kier molecular flexibility index (Phi) is 15.7. The van der Waals surface area contributed by atoms with Gasteiger partial charge in [-0.2, -0.15) is 0 Å². The fourth-order valence-corrected chi connectivity index (χ4v) is 3.37. The topological polar surface area (TPSA) is 61.4 Å². The van der Waals surface area contributed by atoms with Crippen LogP contribution in [0.25, 0.3) is 0 Å². The van der Waals surface area contributed by atoms with E-state index < -0.39 is 0 Å². The number of guanidine groups is 1. The van der Waals surface area contributed by atoms with Crippen molar-refractivity contribution in [3.63, 3.8) is 0 Å². The van der Waals surface area contributed by atoms with E-state index in [1.165, 1.54) is 5.56 Å². The Bertz CT molecular complexity index is 590. The zero-order chi connectivity index (χ0) is 21.4. The fourth-order valence-electron chi connectivity index (χ4n) is 3.37. The third-order valence-corrected chi connectivity index (χ3v) is 5.31. The van der Waals surface area contributed by atoms with E-state index in [0.29, 0.717) is 6.54 Å². The van der Waals surface area contributed by atoms with Crippen LogP contribution in [0.3, 0.4) is 0 Å². The van der Waals surface area contributed by atoms with Crippen LogP contribution in [0.5, 0.6) is 5.75 Å². The molecule has 1 saturated heterocycles. The third kappa shape index (κ3) is 11.9. The summed E-state index contributed by atoms with van der Waals surface area (Å²) in [5.74, 6) is 1.79. The van der Waals surface area contributed by atoms with Gasteiger partial charge in [0.05, 0.1) is 19.8 Å². The van der Waals surface area contributed by atoms with Gasteiger partial charge in [0, 0.05) is 32.7 Å². The van der Waals surface area contributed by atoms with Crippen molar-refractivity contribution in [1.29, 1.82) is 0 Å². The van der Waals surface area contributed by atoms with Crippen molar-refractivity contribution in [3.8, 4) is 5.75 Å². The highest BCUT2D eigenvalue weighted by Gasteiger charge is 2.09. The summed E-state index contributed by atoms with van der Waals surface area (Å²) in [6.45, 7) is 17.6. The standard InChI is InChI=1S/C23H41N5O2.HI/c1-4-24-23(25-12-7-13-28-14-17-29-18-15-28)26-20-21-8-10-22(11-9-21)30-19-16-27(5-2)6-3;/h8-11H,4-7,12-20H2,1-3H3,(H2,24,25,26);1H. The van der Waals surface area contributed by atoms with Crippen LogP contribution in [-0.2, 0) is 11.3 Å². The zero-order valence-corrected chi connectivity index (χ0v) is 21.9. The van der Waals surface area contributed by atoms with Crippen LogP contribution < -0.4 is 15.4 Å². The summed E-state index contributed by atoms with van der Waals surface area (Å²) in [6, 6.07) is 8.27. The van der Waals surface area contributed by atoms with Gasteiger partial charge in [0.2, 0.25) is 0 Å². The summed E-state index contributed by atoms with van der Waals surface area (Å²) in [6.07, 6.45) is 1.10. The molecule has 1 fully saturated rings. The van der Waals surface area contributed by atoms with E-state index in [1.54, 1.807) is 0 Å². The molecule has 178 valence electrons. The van der Waals surface area contributed by atoms with Gasteiger partial charge in [0.1, 0.15) is 12.4 Å². The first-order valence-corrected chi connectivity index (χ1v) is 11.5. The Morgan fingerprint density at radius 1 is 1.10 bits per heavy atom. The molecule has 31 heavy (non-hydrogen) atoms. The molecule has 1 aromatic rings. The van der Waals surface area contributed by atoms with Crippen LogP contribution in [0.15, 0.2) is 29.3 Å². The second-order valence-electron chi connectivity index (χ2n) is 7.45. The molecule has 1 aliphatic rings. The molecule has 0 saturated carbocycles. The predicted octanol–water partition coefficient (Wildman–Crippen LogP) is 2.80. The van der Waals surface area contributed by atoms with Crippen molar-refractivity contribution in [2.24, 2.45) is 4.99 Å². The summed E-state index contributed by atoms with van der Waals surface area (Å²) < 4.78 is 11.3. The maximum atomic E-state index is 5.86. The summed E-state index contributed by atoms with van der Waals surface area (Å²) >= 11 is 0. The molecule has 0 aliphatic carbocycles. The van der Waals surface area contributed by atoms with Gasteiger partial charge in [-0.3, -0.25) is 4.90 Å². The second-order valence-corrected chi connectivity index (χ2v) is 7.45. The van der Waals surface area contributed by atoms with Gasteiger partial charge in [-0.25, -0.2) is 4.99 Å². The Balaban J connectivity index is 0.00000480. The van der Waals surface area contributed by atoms with Crippen molar-refractivity contribution in [3.05, 3.63) is 29.8 Å². The number of ether oxygens (including phenoxy) is 2. The Hall–Kier alpha value is -1.10. The molecule has 7 nitrogen and oxygen atoms in total. The summed E-state index contributed by atoms with van der Waals surface area (Å²) in [4.78, 5) is 9.54. The van der Waals surface area contributed by atoms with Crippen molar-refractivity contribution < 1.29 is 9.47 Å². The van der Waals surface area contributed by atoms with E-state index in [2.05, 4.69) is 53.3 Å². The molecule has 8 heteroatoms. The number of nitrogens with zero attached hydrogens (tertiary/aromatic N) is 3. The average Bonchev–Trinajstić information content (AvgIpc) is 2.79. The fraction of sp³-hybridized carbons (Fsp3) is 0.696. The van der Waals surface area contributed by atoms with Gasteiger partial charge in [0.25, 0.3) is 0 Å². The van der Waals surface area contributed by atoms with Crippen LogP contribution in [0, 0.1) is 0 Å². The van der Waals surface area contributed by atoms with Crippen molar-refractivity contribution in [1.82, 2.24) is 20.4 Å². The van der Waals surface area contributed by atoms with Gasteiger partial charge >= 0.3 is 0 Å². The number of aliphatic imine (C=N–C) groups is 1. The molecule has 1 aliphatic heterocycles. The molecule has 0 amide bonds. The molecule has 0 unspecified atom stereocenters. The number of halogens is 1. The van der Waals surface area contributed by atoms with Crippen LogP contribution in [0.2, 0.25) is 0 Å². The number of hydrogen-bond donors (Lipinski definition) is 2. The molecule has 2 N–H and O–H groups in total. The van der Waals surface area contributed by atoms with E-state index in [1.807, 2.05) is 12.1 Å². The number of morpholine rings is 1. The highest BCUT2D eigenvalue weighted by molar-refractivity contribution is 14.0. The van der Waals surface area contributed by atoms with Gasteiger partial charge in [-0.05, 0) is 50.7 Å². The van der Waals surface area contributed by atoms with Crippen LogP contribution in [0.4, 0.5) is 0 Å². The predicted molar refractivity (Wildman–Crippen MR) is 140 cm³/mol. The third-order valence-electron chi connectivity index (χ3n) is 5.31. The van der Waals surface area contributed by atoms with E-state index in [-0.39, 0.29) is 24.0 Å². The molecule has 0 radical (unpaired) electrons. The number of benzene rings is 1. The lowest BCUT2D eigenvalue weighted by Gasteiger charge is -2.26. The Labute approximate surface area is 206 Å². The smallest absolute Gasteiger partial charge is 0.191 e. The second kappa shape index (κ2) is 17.5. The summed E-state index contributed by atoms with van der Waals surface area (Å²) in [5, 5.41) is 6.77. The molecule has 0 aromatic heterocycles. The Morgan fingerprint density at radius 3 is 2.45 bits per heavy atom. The number of nitrogens with one attached hydrogen (secondary N) is 2. The van der Waals surface area contributed by atoms with Gasteiger partial charge in [-0.1, -0.05) is 26.0 Å². The zero-order valence-electron chi connectivity index (χ0n) is 19.6. The first kappa shape index (κ1) is 27.9. The minimum absolute atomic E-state index is 0. The van der Waals surface area contributed by atoms with Crippen molar-refractivity contribution in [2.45, 2.75) is 33.7 Å². The monoisotopic (exact) mass is 547 g/mol. The van der Waals surface area contributed by atoms with Gasteiger partial charge in [-0.15, -0.1) is 24.0 Å². The van der Waals surface area contributed by atoms with E-state index in [4.69, 9.17) is 14.5 Å². The maximum Gasteiger partial charge on any atom is 0.191 e. The molecule has 0 spiro atoms. The lowest BCUT2D eigenvalue weighted by atomic mass is 10.2.